The number of hydrogen-bond donors (Lipinski definition) is 1. The van der Waals surface area contributed by atoms with Crippen LogP contribution in [0.5, 0.6) is 0 Å². The molecule has 114 valence electrons. The molecule has 3 nitrogen and oxygen atoms in total. The van der Waals surface area contributed by atoms with E-state index in [0.29, 0.717) is 0 Å². The molecule has 1 aliphatic heterocycles. The Morgan fingerprint density at radius 2 is 1.83 bits per heavy atom. The summed E-state index contributed by atoms with van der Waals surface area (Å²) in [5, 5.41) is 1.19. The van der Waals surface area contributed by atoms with Crippen LogP contribution in [0.3, 0.4) is 0 Å². The molecule has 2 heterocycles. The SMILES string of the molecule is O=C(N1CCc2ccccc21)C1(c2c[nH]c3ccccc23)CC1. The first-order valence-electron chi connectivity index (χ1n) is 8.26. The van der Waals surface area contributed by atoms with Crippen LogP contribution >= 0.6 is 0 Å². The summed E-state index contributed by atoms with van der Waals surface area (Å²) in [4.78, 5) is 18.7. The maximum absolute atomic E-state index is 13.3. The summed E-state index contributed by atoms with van der Waals surface area (Å²) in [7, 11) is 0. The Morgan fingerprint density at radius 3 is 2.70 bits per heavy atom. The van der Waals surface area contributed by atoms with Gasteiger partial charge >= 0.3 is 0 Å². The van der Waals surface area contributed by atoms with Crippen LogP contribution in [0.4, 0.5) is 5.69 Å². The number of nitrogens with one attached hydrogen (secondary N) is 1. The molecule has 2 aromatic carbocycles. The third-order valence-corrected chi connectivity index (χ3v) is 5.40. The van der Waals surface area contributed by atoms with Crippen LogP contribution < -0.4 is 4.90 Å². The molecular weight excluding hydrogens is 284 g/mol. The van der Waals surface area contributed by atoms with E-state index in [1.807, 2.05) is 29.3 Å². The summed E-state index contributed by atoms with van der Waals surface area (Å²) in [6.07, 6.45) is 4.90. The van der Waals surface area contributed by atoms with Gasteiger partial charge in [-0.25, -0.2) is 0 Å². The quantitative estimate of drug-likeness (QED) is 0.768. The maximum Gasteiger partial charge on any atom is 0.237 e. The van der Waals surface area contributed by atoms with Crippen molar-refractivity contribution in [2.45, 2.75) is 24.7 Å². The fraction of sp³-hybridized carbons (Fsp3) is 0.250. The Labute approximate surface area is 134 Å². The van der Waals surface area contributed by atoms with Crippen LogP contribution in [-0.2, 0) is 16.6 Å². The van der Waals surface area contributed by atoms with E-state index in [1.54, 1.807) is 0 Å². The number of H-pyrrole nitrogens is 1. The van der Waals surface area contributed by atoms with E-state index in [4.69, 9.17) is 0 Å². The number of aromatic amines is 1. The molecule has 1 amide bonds. The second-order valence-corrected chi connectivity index (χ2v) is 6.67. The van der Waals surface area contributed by atoms with Crippen LogP contribution in [0.25, 0.3) is 10.9 Å². The van der Waals surface area contributed by atoms with E-state index >= 15 is 0 Å². The Kier molecular flexibility index (Phi) is 2.52. The second kappa shape index (κ2) is 4.48. The average molecular weight is 302 g/mol. The zero-order valence-electron chi connectivity index (χ0n) is 12.9. The van der Waals surface area contributed by atoms with E-state index in [1.165, 1.54) is 16.5 Å². The lowest BCUT2D eigenvalue weighted by Gasteiger charge is -2.23. The number of fused-ring (bicyclic) bond motifs is 2. The van der Waals surface area contributed by atoms with E-state index in [2.05, 4.69) is 35.3 Å². The number of benzene rings is 2. The van der Waals surface area contributed by atoms with Crippen LogP contribution in [-0.4, -0.2) is 17.4 Å². The number of carbonyl (C=O) groups is 1. The number of hydrogen-bond acceptors (Lipinski definition) is 1. The molecule has 5 rings (SSSR count). The number of amides is 1. The zero-order valence-corrected chi connectivity index (χ0v) is 12.9. The first-order chi connectivity index (χ1) is 11.3. The van der Waals surface area contributed by atoms with Crippen molar-refractivity contribution in [3.8, 4) is 0 Å². The summed E-state index contributed by atoms with van der Waals surface area (Å²) in [6, 6.07) is 16.6. The van der Waals surface area contributed by atoms with Gasteiger partial charge in [0.15, 0.2) is 0 Å². The lowest BCUT2D eigenvalue weighted by Crippen LogP contribution is -2.38. The minimum Gasteiger partial charge on any atom is -0.361 e. The smallest absolute Gasteiger partial charge is 0.237 e. The van der Waals surface area contributed by atoms with Crippen molar-refractivity contribution in [2.24, 2.45) is 0 Å². The van der Waals surface area contributed by atoms with Crippen LogP contribution in [0.1, 0.15) is 24.0 Å². The molecule has 1 saturated carbocycles. The van der Waals surface area contributed by atoms with E-state index < -0.39 is 0 Å². The lowest BCUT2D eigenvalue weighted by molar-refractivity contribution is -0.120. The Morgan fingerprint density at radius 1 is 1.04 bits per heavy atom. The van der Waals surface area contributed by atoms with Gasteiger partial charge in [0, 0.05) is 29.3 Å². The van der Waals surface area contributed by atoms with Crippen LogP contribution in [0, 0.1) is 0 Å². The number of para-hydroxylation sites is 2. The van der Waals surface area contributed by atoms with Crippen molar-refractivity contribution in [1.29, 1.82) is 0 Å². The molecule has 0 spiro atoms. The molecule has 1 fully saturated rings. The minimum absolute atomic E-state index is 0.271. The highest BCUT2D eigenvalue weighted by Crippen LogP contribution is 2.52. The Balaban J connectivity index is 1.58. The van der Waals surface area contributed by atoms with Gasteiger partial charge in [0.2, 0.25) is 5.91 Å². The number of rotatable bonds is 2. The first-order valence-corrected chi connectivity index (χ1v) is 8.26. The fourth-order valence-corrected chi connectivity index (χ4v) is 4.00. The predicted octanol–water partition coefficient (Wildman–Crippen LogP) is 3.79. The summed E-state index contributed by atoms with van der Waals surface area (Å²) in [5.41, 5.74) is 4.35. The molecule has 3 aromatic rings. The summed E-state index contributed by atoms with van der Waals surface area (Å²) >= 11 is 0. The number of nitrogens with zero attached hydrogens (tertiary/aromatic N) is 1. The Hall–Kier alpha value is -2.55. The van der Waals surface area contributed by atoms with Crippen molar-refractivity contribution in [3.63, 3.8) is 0 Å². The van der Waals surface area contributed by atoms with Gasteiger partial charge in [0.05, 0.1) is 5.41 Å². The van der Waals surface area contributed by atoms with E-state index in [9.17, 15) is 4.79 Å². The molecule has 0 unspecified atom stereocenters. The van der Waals surface area contributed by atoms with E-state index in [-0.39, 0.29) is 11.3 Å². The molecule has 0 atom stereocenters. The molecule has 1 aromatic heterocycles. The molecule has 3 heteroatoms. The predicted molar refractivity (Wildman–Crippen MR) is 91.7 cm³/mol. The highest BCUT2D eigenvalue weighted by molar-refractivity contribution is 6.07. The van der Waals surface area contributed by atoms with Gasteiger partial charge in [-0.2, -0.15) is 0 Å². The largest absolute Gasteiger partial charge is 0.361 e. The van der Waals surface area contributed by atoms with Crippen molar-refractivity contribution >= 4 is 22.5 Å². The highest BCUT2D eigenvalue weighted by Gasteiger charge is 2.54. The molecule has 0 saturated heterocycles. The average Bonchev–Trinajstić information content (AvgIpc) is 3.10. The fourth-order valence-electron chi connectivity index (χ4n) is 4.00. The van der Waals surface area contributed by atoms with Crippen molar-refractivity contribution in [2.75, 3.05) is 11.4 Å². The van der Waals surface area contributed by atoms with Gasteiger partial charge in [0.1, 0.15) is 0 Å². The zero-order chi connectivity index (χ0) is 15.4. The molecule has 0 bridgehead atoms. The molecule has 2 aliphatic rings. The van der Waals surface area contributed by atoms with Gasteiger partial charge in [-0.05, 0) is 42.5 Å². The third-order valence-electron chi connectivity index (χ3n) is 5.40. The molecular formula is C20H18N2O. The maximum atomic E-state index is 13.3. The van der Waals surface area contributed by atoms with Crippen molar-refractivity contribution in [3.05, 3.63) is 65.9 Å². The highest BCUT2D eigenvalue weighted by atomic mass is 16.2. The summed E-state index contributed by atoms with van der Waals surface area (Å²) in [6.45, 7) is 0.808. The molecule has 1 N–H and O–H groups in total. The van der Waals surface area contributed by atoms with Gasteiger partial charge in [-0.1, -0.05) is 36.4 Å². The van der Waals surface area contributed by atoms with Crippen molar-refractivity contribution < 1.29 is 4.79 Å². The second-order valence-electron chi connectivity index (χ2n) is 6.67. The molecule has 0 radical (unpaired) electrons. The molecule has 1 aliphatic carbocycles. The van der Waals surface area contributed by atoms with Gasteiger partial charge in [0.25, 0.3) is 0 Å². The van der Waals surface area contributed by atoms with Crippen molar-refractivity contribution in [1.82, 2.24) is 4.98 Å². The van der Waals surface area contributed by atoms with Crippen LogP contribution in [0.2, 0.25) is 0 Å². The first kappa shape index (κ1) is 12.9. The topological polar surface area (TPSA) is 36.1 Å². The Bertz CT molecular complexity index is 920. The monoisotopic (exact) mass is 302 g/mol. The van der Waals surface area contributed by atoms with Gasteiger partial charge in [-0.15, -0.1) is 0 Å². The number of anilines is 1. The number of carbonyl (C=O) groups excluding carboxylic acids is 1. The summed E-state index contributed by atoms with van der Waals surface area (Å²) < 4.78 is 0. The van der Waals surface area contributed by atoms with Crippen LogP contribution in [0.15, 0.2) is 54.7 Å². The third kappa shape index (κ3) is 1.73. The number of aromatic nitrogens is 1. The van der Waals surface area contributed by atoms with E-state index in [0.717, 1.165) is 37.0 Å². The molecule has 23 heavy (non-hydrogen) atoms. The summed E-state index contributed by atoms with van der Waals surface area (Å²) in [5.74, 6) is 0.271. The normalized spacial score (nSPS) is 18.2. The minimum atomic E-state index is -0.322. The standard InChI is InChI=1S/C20H18N2O/c23-19(22-12-9-14-5-1-4-8-18(14)22)20(10-11-20)16-13-21-17-7-3-2-6-15(16)17/h1-8,13,21H,9-12H2. The lowest BCUT2D eigenvalue weighted by atomic mass is 9.93. The van der Waals surface area contributed by atoms with Gasteiger partial charge in [-0.3, -0.25) is 4.79 Å². The van der Waals surface area contributed by atoms with Gasteiger partial charge < -0.3 is 9.88 Å².